The number of carbonyl (C=O) groups excluding carboxylic acids is 3. The lowest BCUT2D eigenvalue weighted by Crippen LogP contribution is -2.38. The summed E-state index contributed by atoms with van der Waals surface area (Å²) >= 11 is 0. The minimum atomic E-state index is -0.840. The number of hydrazone groups is 1. The monoisotopic (exact) mass is 422 g/mol. The zero-order chi connectivity index (χ0) is 21.9. The highest BCUT2D eigenvalue weighted by atomic mass is 16.5. The number of nitrogens with zero attached hydrogens (tertiary/aromatic N) is 2. The molecule has 2 aromatic carbocycles. The van der Waals surface area contributed by atoms with Crippen molar-refractivity contribution >= 4 is 23.9 Å². The topological polar surface area (TPSA) is 100 Å². The van der Waals surface area contributed by atoms with Crippen molar-refractivity contribution < 1.29 is 19.1 Å². The van der Waals surface area contributed by atoms with E-state index in [0.29, 0.717) is 24.3 Å². The first kappa shape index (κ1) is 22.0. The van der Waals surface area contributed by atoms with Crippen LogP contribution in [0.15, 0.2) is 59.7 Å². The molecule has 3 amide bonds. The smallest absolute Gasteiger partial charge is 0.329 e. The second-order valence-electron chi connectivity index (χ2n) is 7.14. The van der Waals surface area contributed by atoms with E-state index in [0.717, 1.165) is 31.5 Å². The predicted molar refractivity (Wildman–Crippen MR) is 117 cm³/mol. The number of rotatable bonds is 8. The SMILES string of the molecule is O=C(NCCc1ccccc1)C(=O)N/N=C\c1cccc(OCC(=O)N2CCCC2)c1. The van der Waals surface area contributed by atoms with Gasteiger partial charge in [-0.2, -0.15) is 5.10 Å². The van der Waals surface area contributed by atoms with Crippen LogP contribution in [0.3, 0.4) is 0 Å². The van der Waals surface area contributed by atoms with Crippen LogP contribution in [0.2, 0.25) is 0 Å². The van der Waals surface area contributed by atoms with E-state index in [1.807, 2.05) is 30.3 Å². The molecule has 2 aromatic rings. The Kier molecular flexibility index (Phi) is 8.16. The highest BCUT2D eigenvalue weighted by molar-refractivity contribution is 6.35. The Morgan fingerprint density at radius 3 is 2.55 bits per heavy atom. The molecule has 0 aromatic heterocycles. The third-order valence-corrected chi connectivity index (χ3v) is 4.81. The molecule has 3 rings (SSSR count). The molecular formula is C23H26N4O4. The van der Waals surface area contributed by atoms with Crippen LogP contribution < -0.4 is 15.5 Å². The summed E-state index contributed by atoms with van der Waals surface area (Å²) in [5.41, 5.74) is 3.94. The number of ether oxygens (including phenoxy) is 1. The van der Waals surface area contributed by atoms with E-state index in [1.165, 1.54) is 6.21 Å². The van der Waals surface area contributed by atoms with Gasteiger partial charge in [-0.1, -0.05) is 42.5 Å². The van der Waals surface area contributed by atoms with Crippen LogP contribution >= 0.6 is 0 Å². The van der Waals surface area contributed by atoms with E-state index in [1.54, 1.807) is 29.2 Å². The number of benzene rings is 2. The number of hydrogen-bond donors (Lipinski definition) is 2. The third-order valence-electron chi connectivity index (χ3n) is 4.81. The van der Waals surface area contributed by atoms with Gasteiger partial charge in [0.15, 0.2) is 6.61 Å². The highest BCUT2D eigenvalue weighted by Crippen LogP contribution is 2.13. The Labute approximate surface area is 181 Å². The van der Waals surface area contributed by atoms with E-state index in [-0.39, 0.29) is 12.5 Å². The first-order valence-corrected chi connectivity index (χ1v) is 10.3. The third kappa shape index (κ3) is 7.26. The van der Waals surface area contributed by atoms with Crippen molar-refractivity contribution in [3.8, 4) is 5.75 Å². The number of nitrogens with one attached hydrogen (secondary N) is 2. The first-order valence-electron chi connectivity index (χ1n) is 10.3. The molecule has 0 radical (unpaired) electrons. The molecule has 0 unspecified atom stereocenters. The second-order valence-corrected chi connectivity index (χ2v) is 7.14. The van der Waals surface area contributed by atoms with Gasteiger partial charge in [-0.25, -0.2) is 5.43 Å². The van der Waals surface area contributed by atoms with E-state index in [9.17, 15) is 14.4 Å². The average Bonchev–Trinajstić information content (AvgIpc) is 3.33. The fourth-order valence-electron chi connectivity index (χ4n) is 3.15. The molecule has 2 N–H and O–H groups in total. The van der Waals surface area contributed by atoms with Crippen molar-refractivity contribution in [2.45, 2.75) is 19.3 Å². The lowest BCUT2D eigenvalue weighted by atomic mass is 10.1. The lowest BCUT2D eigenvalue weighted by Gasteiger charge is -2.15. The van der Waals surface area contributed by atoms with E-state index < -0.39 is 11.8 Å². The Morgan fingerprint density at radius 2 is 1.77 bits per heavy atom. The quantitative estimate of drug-likeness (QED) is 0.382. The molecule has 1 saturated heterocycles. The van der Waals surface area contributed by atoms with Crippen LogP contribution in [0, 0.1) is 0 Å². The van der Waals surface area contributed by atoms with E-state index in [4.69, 9.17) is 4.74 Å². The molecule has 1 aliphatic rings. The van der Waals surface area contributed by atoms with Gasteiger partial charge in [0.2, 0.25) is 0 Å². The van der Waals surface area contributed by atoms with E-state index in [2.05, 4.69) is 15.8 Å². The molecule has 162 valence electrons. The van der Waals surface area contributed by atoms with Gasteiger partial charge in [0.05, 0.1) is 6.21 Å². The minimum Gasteiger partial charge on any atom is -0.484 e. The number of amides is 3. The summed E-state index contributed by atoms with van der Waals surface area (Å²) in [6, 6.07) is 16.6. The van der Waals surface area contributed by atoms with Crippen LogP contribution in [-0.4, -0.2) is 55.1 Å². The zero-order valence-electron chi connectivity index (χ0n) is 17.3. The summed E-state index contributed by atoms with van der Waals surface area (Å²) < 4.78 is 5.56. The van der Waals surface area contributed by atoms with Crippen LogP contribution in [0.4, 0.5) is 0 Å². The molecule has 0 atom stereocenters. The molecule has 0 aliphatic carbocycles. The van der Waals surface area contributed by atoms with Crippen molar-refractivity contribution in [3.05, 3.63) is 65.7 Å². The Morgan fingerprint density at radius 1 is 1.00 bits per heavy atom. The fourth-order valence-corrected chi connectivity index (χ4v) is 3.15. The molecule has 8 heteroatoms. The average molecular weight is 422 g/mol. The molecule has 1 aliphatic heterocycles. The summed E-state index contributed by atoms with van der Waals surface area (Å²) in [6.07, 6.45) is 4.11. The predicted octanol–water partition coefficient (Wildman–Crippen LogP) is 1.50. The maximum absolute atomic E-state index is 12.1. The summed E-state index contributed by atoms with van der Waals surface area (Å²) in [5.74, 6) is -1.08. The van der Waals surface area contributed by atoms with Gasteiger partial charge < -0.3 is 15.0 Å². The molecule has 0 spiro atoms. The van der Waals surface area contributed by atoms with Crippen LogP contribution in [0.1, 0.15) is 24.0 Å². The Hall–Kier alpha value is -3.68. The van der Waals surface area contributed by atoms with Crippen molar-refractivity contribution in [2.75, 3.05) is 26.2 Å². The molecule has 1 heterocycles. The largest absolute Gasteiger partial charge is 0.484 e. The van der Waals surface area contributed by atoms with Crippen molar-refractivity contribution in [1.82, 2.24) is 15.6 Å². The molecule has 8 nitrogen and oxygen atoms in total. The van der Waals surface area contributed by atoms with Crippen molar-refractivity contribution in [1.29, 1.82) is 0 Å². The second kappa shape index (κ2) is 11.5. The number of likely N-dealkylation sites (tertiary alicyclic amines) is 1. The summed E-state index contributed by atoms with van der Waals surface area (Å²) in [4.78, 5) is 37.5. The van der Waals surface area contributed by atoms with Crippen LogP contribution in [0.25, 0.3) is 0 Å². The van der Waals surface area contributed by atoms with E-state index >= 15 is 0 Å². The normalized spacial score (nSPS) is 13.2. The molecule has 0 bridgehead atoms. The summed E-state index contributed by atoms with van der Waals surface area (Å²) in [5, 5.41) is 6.37. The molecule has 0 saturated carbocycles. The van der Waals surface area contributed by atoms with Gasteiger partial charge >= 0.3 is 11.8 Å². The number of carbonyl (C=O) groups is 3. The zero-order valence-corrected chi connectivity index (χ0v) is 17.3. The Balaban J connectivity index is 1.40. The summed E-state index contributed by atoms with van der Waals surface area (Å²) in [7, 11) is 0. The van der Waals surface area contributed by atoms with Crippen LogP contribution in [-0.2, 0) is 20.8 Å². The highest BCUT2D eigenvalue weighted by Gasteiger charge is 2.18. The van der Waals surface area contributed by atoms with Gasteiger partial charge in [-0.3, -0.25) is 14.4 Å². The molecule has 31 heavy (non-hydrogen) atoms. The van der Waals surface area contributed by atoms with Gasteiger partial charge in [-0.15, -0.1) is 0 Å². The lowest BCUT2D eigenvalue weighted by molar-refractivity contribution is -0.139. The number of hydrogen-bond acceptors (Lipinski definition) is 5. The Bertz CT molecular complexity index is 924. The van der Waals surface area contributed by atoms with Crippen molar-refractivity contribution in [2.24, 2.45) is 5.10 Å². The fraction of sp³-hybridized carbons (Fsp3) is 0.304. The maximum Gasteiger partial charge on any atom is 0.329 e. The first-order chi connectivity index (χ1) is 15.1. The van der Waals surface area contributed by atoms with Gasteiger partial charge in [0.25, 0.3) is 5.91 Å². The molecular weight excluding hydrogens is 396 g/mol. The minimum absolute atomic E-state index is 0.0134. The standard InChI is InChI=1S/C23H26N4O4/c28-21(27-13-4-5-14-27)17-31-20-10-6-9-19(15-20)16-25-26-23(30)22(29)24-12-11-18-7-2-1-3-8-18/h1-3,6-10,15-16H,4-5,11-14,17H2,(H,24,29)(H,26,30)/b25-16-. The van der Waals surface area contributed by atoms with Crippen LogP contribution in [0.5, 0.6) is 5.75 Å². The molecule has 1 fully saturated rings. The van der Waals surface area contributed by atoms with Gasteiger partial charge in [0.1, 0.15) is 5.75 Å². The van der Waals surface area contributed by atoms with Gasteiger partial charge in [0, 0.05) is 19.6 Å². The summed E-state index contributed by atoms with van der Waals surface area (Å²) in [6.45, 7) is 1.92. The van der Waals surface area contributed by atoms with Crippen molar-refractivity contribution in [3.63, 3.8) is 0 Å². The van der Waals surface area contributed by atoms with Gasteiger partial charge in [-0.05, 0) is 42.5 Å². The maximum atomic E-state index is 12.1.